The Morgan fingerprint density at radius 3 is 2.23 bits per heavy atom. The highest BCUT2D eigenvalue weighted by atomic mass is 35.5. The number of hydrogen-bond acceptors (Lipinski definition) is 5. The zero-order valence-electron chi connectivity index (χ0n) is 13.5. The largest absolute Gasteiger partial charge is 0.287 e. The van der Waals surface area contributed by atoms with E-state index >= 15 is 0 Å². The van der Waals surface area contributed by atoms with Gasteiger partial charge < -0.3 is 0 Å². The SMILES string of the molecule is Cc1ccc(S(=O)(=O)C2(Cc3ccc(Cl)c(Cl)c3)SC(=O)NC2=O)cc1. The minimum Gasteiger partial charge on any atom is -0.285 e. The maximum Gasteiger partial charge on any atom is 0.287 e. The molecule has 1 saturated heterocycles. The standard InChI is InChI=1S/C17H13Cl2NO4S2/c1-10-2-5-12(6-3-10)26(23,24)17(15(21)20-16(22)25-17)9-11-4-7-13(18)14(19)8-11/h2-8H,9H2,1H3,(H,20,21,22). The van der Waals surface area contributed by atoms with Crippen molar-refractivity contribution in [3.05, 3.63) is 63.6 Å². The third-order valence-electron chi connectivity index (χ3n) is 4.01. The van der Waals surface area contributed by atoms with E-state index in [-0.39, 0.29) is 16.3 Å². The van der Waals surface area contributed by atoms with E-state index in [4.69, 9.17) is 23.2 Å². The second kappa shape index (κ2) is 6.88. The number of carbonyl (C=O) groups excluding carboxylic acids is 2. The van der Waals surface area contributed by atoms with E-state index in [9.17, 15) is 18.0 Å². The first-order valence-electron chi connectivity index (χ1n) is 7.45. The van der Waals surface area contributed by atoms with Gasteiger partial charge in [-0.05, 0) is 48.5 Å². The number of aryl methyl sites for hydroxylation is 1. The van der Waals surface area contributed by atoms with Crippen molar-refractivity contribution in [2.75, 3.05) is 0 Å². The summed E-state index contributed by atoms with van der Waals surface area (Å²) < 4.78 is 24.6. The van der Waals surface area contributed by atoms with Gasteiger partial charge in [0, 0.05) is 6.42 Å². The Morgan fingerprint density at radius 1 is 1.04 bits per heavy atom. The van der Waals surface area contributed by atoms with Crippen LogP contribution in [-0.4, -0.2) is 23.6 Å². The van der Waals surface area contributed by atoms with E-state index in [0.29, 0.717) is 22.3 Å². The fourth-order valence-corrected chi connectivity index (χ4v) is 6.25. The first-order valence-corrected chi connectivity index (χ1v) is 10.5. The molecule has 1 fully saturated rings. The molecule has 0 aromatic heterocycles. The molecule has 3 rings (SSSR count). The summed E-state index contributed by atoms with van der Waals surface area (Å²) in [6, 6.07) is 10.7. The molecule has 1 aliphatic rings. The number of sulfone groups is 1. The number of benzene rings is 2. The average Bonchev–Trinajstić information content (AvgIpc) is 2.86. The molecular weight excluding hydrogens is 417 g/mol. The van der Waals surface area contributed by atoms with Gasteiger partial charge in [0.2, 0.25) is 13.9 Å². The first-order chi connectivity index (χ1) is 12.2. The lowest BCUT2D eigenvalue weighted by atomic mass is 10.1. The number of imide groups is 1. The van der Waals surface area contributed by atoms with Gasteiger partial charge in [0.05, 0.1) is 14.9 Å². The summed E-state index contributed by atoms with van der Waals surface area (Å²) in [6.45, 7) is 1.82. The summed E-state index contributed by atoms with van der Waals surface area (Å²) in [7, 11) is -4.17. The Balaban J connectivity index is 2.13. The molecule has 1 N–H and O–H groups in total. The highest BCUT2D eigenvalue weighted by Gasteiger charge is 2.58. The molecule has 5 nitrogen and oxygen atoms in total. The minimum atomic E-state index is -4.17. The fourth-order valence-electron chi connectivity index (χ4n) is 2.62. The van der Waals surface area contributed by atoms with Gasteiger partial charge in [0.1, 0.15) is 0 Å². The summed E-state index contributed by atoms with van der Waals surface area (Å²) in [5, 5.41) is 1.93. The quantitative estimate of drug-likeness (QED) is 0.793. The van der Waals surface area contributed by atoms with Crippen molar-refractivity contribution in [3.63, 3.8) is 0 Å². The molecule has 0 radical (unpaired) electrons. The Bertz CT molecular complexity index is 1010. The summed E-state index contributed by atoms with van der Waals surface area (Å²) in [5.74, 6) is -0.862. The normalized spacial score (nSPS) is 20.3. The molecule has 2 amide bonds. The van der Waals surface area contributed by atoms with Crippen LogP contribution in [-0.2, 0) is 21.1 Å². The number of amides is 2. The zero-order chi connectivity index (χ0) is 19.1. The predicted octanol–water partition coefficient (Wildman–Crippen LogP) is 4.00. The molecule has 2 aromatic carbocycles. The van der Waals surface area contributed by atoms with Crippen LogP contribution < -0.4 is 5.32 Å². The minimum absolute atomic E-state index is 0.0273. The molecule has 0 spiro atoms. The van der Waals surface area contributed by atoms with Gasteiger partial charge in [-0.15, -0.1) is 0 Å². The van der Waals surface area contributed by atoms with E-state index in [1.807, 2.05) is 6.92 Å². The zero-order valence-corrected chi connectivity index (χ0v) is 16.6. The molecule has 0 saturated carbocycles. The van der Waals surface area contributed by atoms with E-state index in [1.165, 1.54) is 24.3 Å². The number of thioether (sulfide) groups is 1. The summed E-state index contributed by atoms with van der Waals surface area (Å²) in [5.41, 5.74) is 1.36. The smallest absolute Gasteiger partial charge is 0.285 e. The molecule has 26 heavy (non-hydrogen) atoms. The number of halogens is 2. The van der Waals surface area contributed by atoms with Crippen molar-refractivity contribution in [1.29, 1.82) is 0 Å². The van der Waals surface area contributed by atoms with Crippen LogP contribution in [0.5, 0.6) is 0 Å². The lowest BCUT2D eigenvalue weighted by molar-refractivity contribution is -0.119. The lowest BCUT2D eigenvalue weighted by Gasteiger charge is -2.24. The van der Waals surface area contributed by atoms with E-state index in [2.05, 4.69) is 5.32 Å². The molecular formula is C17H13Cl2NO4S2. The van der Waals surface area contributed by atoms with Crippen LogP contribution in [0.3, 0.4) is 0 Å². The maximum atomic E-state index is 13.3. The monoisotopic (exact) mass is 429 g/mol. The predicted molar refractivity (Wildman–Crippen MR) is 102 cm³/mol. The first kappa shape index (κ1) is 19.2. The Labute approximate surface area is 165 Å². The topological polar surface area (TPSA) is 80.3 Å². The van der Waals surface area contributed by atoms with Crippen molar-refractivity contribution in [3.8, 4) is 0 Å². The van der Waals surface area contributed by atoms with E-state index in [0.717, 1.165) is 5.56 Å². The summed E-state index contributed by atoms with van der Waals surface area (Å²) >= 11 is 12.4. The Hall–Kier alpha value is -1.54. The second-order valence-corrected chi connectivity index (χ2v) is 10.4. The van der Waals surface area contributed by atoms with Crippen molar-refractivity contribution in [2.24, 2.45) is 0 Å². The highest BCUT2D eigenvalue weighted by molar-refractivity contribution is 8.25. The van der Waals surface area contributed by atoms with Crippen LogP contribution in [0, 0.1) is 6.92 Å². The highest BCUT2D eigenvalue weighted by Crippen LogP contribution is 2.43. The summed E-state index contributed by atoms with van der Waals surface area (Å²) in [6.07, 6.45) is -0.220. The molecule has 1 atom stereocenters. The van der Waals surface area contributed by atoms with Crippen LogP contribution in [0.25, 0.3) is 0 Å². The third kappa shape index (κ3) is 3.24. The van der Waals surface area contributed by atoms with Crippen LogP contribution in [0.15, 0.2) is 47.4 Å². The van der Waals surface area contributed by atoms with Crippen molar-refractivity contribution >= 4 is 55.9 Å². The van der Waals surface area contributed by atoms with Gasteiger partial charge in [0.15, 0.2) is 0 Å². The van der Waals surface area contributed by atoms with Gasteiger partial charge >= 0.3 is 0 Å². The molecule has 2 aromatic rings. The number of rotatable bonds is 4. The van der Waals surface area contributed by atoms with Gasteiger partial charge in [-0.2, -0.15) is 0 Å². The molecule has 0 bridgehead atoms. The molecule has 1 unspecified atom stereocenters. The molecule has 0 aliphatic carbocycles. The Kier molecular flexibility index (Phi) is 5.09. The van der Waals surface area contributed by atoms with Gasteiger partial charge in [-0.25, -0.2) is 8.42 Å². The maximum absolute atomic E-state index is 13.3. The van der Waals surface area contributed by atoms with Gasteiger partial charge in [-0.3, -0.25) is 14.9 Å². The number of nitrogens with one attached hydrogen (secondary N) is 1. The average molecular weight is 430 g/mol. The van der Waals surface area contributed by atoms with Crippen LogP contribution in [0.4, 0.5) is 4.79 Å². The fraction of sp³-hybridized carbons (Fsp3) is 0.176. The van der Waals surface area contributed by atoms with E-state index in [1.54, 1.807) is 18.2 Å². The van der Waals surface area contributed by atoms with Crippen LogP contribution in [0.2, 0.25) is 10.0 Å². The lowest BCUT2D eigenvalue weighted by Crippen LogP contribution is -2.45. The summed E-state index contributed by atoms with van der Waals surface area (Å²) in [4.78, 5) is 24.4. The number of carbonyl (C=O) groups is 2. The molecule has 136 valence electrons. The third-order valence-corrected chi connectivity index (χ3v) is 8.69. The van der Waals surface area contributed by atoms with Crippen LogP contribution >= 0.6 is 35.0 Å². The van der Waals surface area contributed by atoms with Crippen LogP contribution in [0.1, 0.15) is 11.1 Å². The van der Waals surface area contributed by atoms with Crippen molar-refractivity contribution < 1.29 is 18.0 Å². The molecule has 1 aliphatic heterocycles. The van der Waals surface area contributed by atoms with Crippen molar-refractivity contribution in [2.45, 2.75) is 22.3 Å². The Morgan fingerprint density at radius 2 is 1.69 bits per heavy atom. The second-order valence-electron chi connectivity index (χ2n) is 5.84. The number of hydrogen-bond donors (Lipinski definition) is 1. The van der Waals surface area contributed by atoms with Gasteiger partial charge in [0.25, 0.3) is 11.1 Å². The van der Waals surface area contributed by atoms with Gasteiger partial charge in [-0.1, -0.05) is 47.0 Å². The van der Waals surface area contributed by atoms with Crippen molar-refractivity contribution in [1.82, 2.24) is 5.32 Å². The molecule has 1 heterocycles. The van der Waals surface area contributed by atoms with E-state index < -0.39 is 25.1 Å². The molecule has 9 heteroatoms.